The summed E-state index contributed by atoms with van der Waals surface area (Å²) >= 11 is 0. The fraction of sp³-hybridized carbons (Fsp3) is 0.600. The molecule has 0 radical (unpaired) electrons. The molecule has 16 heavy (non-hydrogen) atoms. The molecule has 0 aliphatic carbocycles. The maximum Gasteiger partial charge on any atom is 0.340 e. The van der Waals surface area contributed by atoms with Crippen molar-refractivity contribution in [3.8, 4) is 0 Å². The molecule has 5 unspecified atom stereocenters. The fourth-order valence-electron chi connectivity index (χ4n) is 2.96. The Labute approximate surface area is 92.6 Å². The summed E-state index contributed by atoms with van der Waals surface area (Å²) in [6.45, 7) is 0. The molecule has 0 aromatic heterocycles. The normalized spacial score (nSPS) is 49.5. The van der Waals surface area contributed by atoms with Crippen LogP contribution in [0.5, 0.6) is 0 Å². The van der Waals surface area contributed by atoms with E-state index in [-0.39, 0.29) is 5.91 Å². The molecule has 2 saturated heterocycles. The second-order valence-corrected chi connectivity index (χ2v) is 4.44. The Bertz CT molecular complexity index is 438. The predicted octanol–water partition coefficient (Wildman–Crippen LogP) is -1.20. The topological polar surface area (TPSA) is 87.1 Å². The van der Waals surface area contributed by atoms with Gasteiger partial charge in [-0.2, -0.15) is 0 Å². The molecule has 3 aliphatic heterocycles. The van der Waals surface area contributed by atoms with Crippen molar-refractivity contribution < 1.29 is 24.5 Å². The second-order valence-electron chi connectivity index (χ2n) is 4.44. The third-order valence-corrected chi connectivity index (χ3v) is 3.77. The zero-order valence-corrected chi connectivity index (χ0v) is 8.49. The zero-order valence-electron chi connectivity index (χ0n) is 9.49. The number of rotatable bonds is 1. The Morgan fingerprint density at radius 2 is 2.50 bits per heavy atom. The lowest BCUT2D eigenvalue weighted by Gasteiger charge is -2.28. The van der Waals surface area contributed by atoms with Crippen LogP contribution in [0.25, 0.3) is 1.43 Å². The molecular formula is C10H11NO5. The molecule has 86 valence electrons. The Morgan fingerprint density at radius 3 is 3.19 bits per heavy atom. The first-order valence-corrected chi connectivity index (χ1v) is 5.02. The lowest BCUT2D eigenvalue weighted by Crippen LogP contribution is -2.48. The van der Waals surface area contributed by atoms with E-state index < -0.39 is 35.7 Å². The predicted molar refractivity (Wildman–Crippen MR) is 50.1 cm³/mol. The first-order chi connectivity index (χ1) is 8.03. The number of amides is 1. The highest BCUT2D eigenvalue weighted by Crippen LogP contribution is 2.52. The Hall–Kier alpha value is -1.40. The van der Waals surface area contributed by atoms with Gasteiger partial charge in [-0.15, -0.1) is 0 Å². The molecule has 0 aromatic carbocycles. The Balaban J connectivity index is 2.07. The molecule has 0 aromatic rings. The number of fused-ring (bicyclic) bond motifs is 5. The summed E-state index contributed by atoms with van der Waals surface area (Å²) in [5, 5.41) is 14.0. The van der Waals surface area contributed by atoms with Crippen LogP contribution in [0, 0.1) is 11.8 Å². The number of carbonyl (C=O) groups excluding carboxylic acids is 1. The van der Waals surface area contributed by atoms with Gasteiger partial charge in [0.2, 0.25) is 5.91 Å². The van der Waals surface area contributed by atoms with Gasteiger partial charge >= 0.3 is 5.97 Å². The van der Waals surface area contributed by atoms with Gasteiger partial charge in [-0.3, -0.25) is 4.79 Å². The maximum absolute atomic E-state index is 11.9. The molecule has 1 amide bonds. The number of aliphatic carboxylic acids is 1. The minimum atomic E-state index is -1.49. The lowest BCUT2D eigenvalue weighted by atomic mass is 9.76. The van der Waals surface area contributed by atoms with E-state index in [1.165, 1.54) is 18.0 Å². The van der Waals surface area contributed by atoms with Crippen molar-refractivity contribution in [2.75, 3.05) is 7.05 Å². The molecule has 2 N–H and O–H groups in total. The quantitative estimate of drug-likeness (QED) is 0.549. The second kappa shape index (κ2) is 2.64. The molecule has 2 fully saturated rings. The van der Waals surface area contributed by atoms with E-state index in [0.717, 1.165) is 0 Å². The zero-order chi connectivity index (χ0) is 12.4. The monoisotopic (exact) mass is 227 g/mol. The molecule has 5 atom stereocenters. The molecule has 3 rings (SSSR count). The van der Waals surface area contributed by atoms with Gasteiger partial charge in [-0.25, -0.2) is 4.79 Å². The number of hydrogen-bond donors (Lipinski definition) is 2. The number of likely N-dealkylation sites (tertiary alicyclic amines) is 1. The minimum absolute atomic E-state index is 0.253. The highest BCUT2D eigenvalue weighted by atomic mass is 16.6. The van der Waals surface area contributed by atoms with Crippen molar-refractivity contribution in [3.05, 3.63) is 12.2 Å². The number of ether oxygens (including phenoxy) is 1. The van der Waals surface area contributed by atoms with E-state index in [4.69, 9.17) is 6.17 Å². The molecule has 6 heteroatoms. The fourth-order valence-corrected chi connectivity index (χ4v) is 2.96. The smallest absolute Gasteiger partial charge is 0.340 e. The largest absolute Gasteiger partial charge is 0.479 e. The van der Waals surface area contributed by atoms with Crippen molar-refractivity contribution in [1.29, 1.82) is 1.43 Å². The van der Waals surface area contributed by atoms with Gasteiger partial charge in [-0.1, -0.05) is 6.08 Å². The summed E-state index contributed by atoms with van der Waals surface area (Å²) in [6.07, 6.45) is 1.47. The van der Waals surface area contributed by atoms with Crippen LogP contribution in [0.3, 0.4) is 0 Å². The van der Waals surface area contributed by atoms with Crippen LogP contribution in [0.15, 0.2) is 12.2 Å². The average Bonchev–Trinajstić information content (AvgIpc) is 2.96. The number of carboxylic acids is 1. The number of aliphatic hydroxyl groups is 1. The average molecular weight is 227 g/mol. The third kappa shape index (κ3) is 0.815. The molecule has 0 spiro atoms. The van der Waals surface area contributed by atoms with Crippen molar-refractivity contribution in [2.24, 2.45) is 11.8 Å². The van der Waals surface area contributed by atoms with Crippen LogP contribution in [-0.2, 0) is 14.3 Å². The van der Waals surface area contributed by atoms with Crippen molar-refractivity contribution in [1.82, 2.24) is 4.90 Å². The van der Waals surface area contributed by atoms with E-state index in [1.54, 1.807) is 6.08 Å². The van der Waals surface area contributed by atoms with Crippen LogP contribution in [-0.4, -0.2) is 52.0 Å². The molecule has 6 nitrogen and oxygen atoms in total. The number of aliphatic hydroxyl groups excluding tert-OH is 1. The molecule has 3 aliphatic rings. The summed E-state index contributed by atoms with van der Waals surface area (Å²) in [4.78, 5) is 24.8. The Kier molecular flexibility index (Phi) is 1.44. The molecule has 3 heterocycles. The van der Waals surface area contributed by atoms with E-state index in [2.05, 4.69) is 5.11 Å². The van der Waals surface area contributed by atoms with Gasteiger partial charge in [-0.05, 0) is 6.08 Å². The number of carbonyl (C=O) groups is 2. The van der Waals surface area contributed by atoms with Crippen LogP contribution in [0.4, 0.5) is 0 Å². The molecule has 2 bridgehead atoms. The van der Waals surface area contributed by atoms with Gasteiger partial charge in [0.15, 0.2) is 5.60 Å². The van der Waals surface area contributed by atoms with Gasteiger partial charge in [0, 0.05) is 7.05 Å². The maximum atomic E-state index is 11.9. The van der Waals surface area contributed by atoms with E-state index >= 15 is 0 Å². The lowest BCUT2D eigenvalue weighted by molar-refractivity contribution is -0.164. The van der Waals surface area contributed by atoms with E-state index in [0.29, 0.717) is 0 Å². The standard InChI is InChI=1S/C10H11NO5/c1-11-7(12)5-4-2-3-10(16-4,9(14)15)6(5)8(11)13/h2-6,8,13H,1H3,(H,14,15)/i/hT. The van der Waals surface area contributed by atoms with Crippen molar-refractivity contribution in [3.63, 3.8) is 0 Å². The van der Waals surface area contributed by atoms with Crippen molar-refractivity contribution in [2.45, 2.75) is 17.9 Å². The van der Waals surface area contributed by atoms with Gasteiger partial charge < -0.3 is 19.9 Å². The van der Waals surface area contributed by atoms with E-state index in [9.17, 15) is 14.7 Å². The third-order valence-electron chi connectivity index (χ3n) is 3.77. The SMILES string of the molecule is [3H]OC(=O)C12C=CC(O1)C1C(=O)N(C)C(O)C12. The molecular weight excluding hydrogens is 214 g/mol. The van der Waals surface area contributed by atoms with Gasteiger partial charge in [0.25, 0.3) is 1.43 Å². The van der Waals surface area contributed by atoms with Crippen LogP contribution >= 0.6 is 0 Å². The van der Waals surface area contributed by atoms with Crippen molar-refractivity contribution >= 4 is 11.9 Å². The Morgan fingerprint density at radius 1 is 1.75 bits per heavy atom. The number of carboxylic acid groups (broad SMARTS) is 1. The summed E-state index contributed by atoms with van der Waals surface area (Å²) in [7, 11) is 1.48. The first kappa shape index (κ1) is 8.72. The van der Waals surface area contributed by atoms with Crippen LogP contribution in [0.1, 0.15) is 0 Å². The summed E-state index contributed by atoms with van der Waals surface area (Å²) in [5.74, 6) is -2.42. The summed E-state index contributed by atoms with van der Waals surface area (Å²) < 4.78 is 12.2. The van der Waals surface area contributed by atoms with Crippen LogP contribution in [0.2, 0.25) is 0 Å². The van der Waals surface area contributed by atoms with E-state index in [1.807, 2.05) is 0 Å². The highest BCUT2D eigenvalue weighted by Gasteiger charge is 2.69. The first-order valence-electron chi connectivity index (χ1n) is 5.43. The van der Waals surface area contributed by atoms with Crippen LogP contribution < -0.4 is 0 Å². The number of nitrogens with zero attached hydrogens (tertiary/aromatic N) is 1. The summed E-state index contributed by atoms with van der Waals surface area (Å²) in [5.41, 5.74) is -1.49. The van der Waals surface area contributed by atoms with Gasteiger partial charge in [0.1, 0.15) is 6.23 Å². The minimum Gasteiger partial charge on any atom is -0.479 e. The summed E-state index contributed by atoms with van der Waals surface area (Å²) in [6, 6.07) is 0. The van der Waals surface area contributed by atoms with Gasteiger partial charge in [0.05, 0.1) is 17.9 Å². The highest BCUT2D eigenvalue weighted by molar-refractivity contribution is 5.90. The number of hydrogen-bond acceptors (Lipinski definition) is 5. The molecule has 0 saturated carbocycles.